The molecule has 4 nitrogen and oxygen atoms in total. The molecule has 1 amide bonds. The Kier molecular flexibility index (Phi) is 5.86. The van der Waals surface area contributed by atoms with Crippen LogP contribution in [-0.2, 0) is 14.3 Å². The lowest BCUT2D eigenvalue weighted by atomic mass is 9.95. The molecule has 0 aromatic heterocycles. The number of hydrogen-bond donors (Lipinski definition) is 1. The normalized spacial score (nSPS) is 18.6. The third-order valence-electron chi connectivity index (χ3n) is 3.48. The number of carbonyl (C=O) groups excluding carboxylic acids is 2. The highest BCUT2D eigenvalue weighted by Gasteiger charge is 2.25. The molecular formula is C16H17Cl2NO3. The van der Waals surface area contributed by atoms with Crippen molar-refractivity contribution in [1.29, 1.82) is 0 Å². The Balaban J connectivity index is 1.94. The first-order chi connectivity index (χ1) is 10.5. The number of carbonyl (C=O) groups is 2. The molecule has 0 saturated heterocycles. The van der Waals surface area contributed by atoms with E-state index in [4.69, 9.17) is 27.9 Å². The number of amides is 1. The van der Waals surface area contributed by atoms with Gasteiger partial charge in [0.05, 0.1) is 21.7 Å². The highest BCUT2D eigenvalue weighted by atomic mass is 35.5. The Morgan fingerprint density at radius 3 is 2.55 bits per heavy atom. The number of para-hydroxylation sites is 1. The molecule has 0 heterocycles. The lowest BCUT2D eigenvalue weighted by Gasteiger charge is -2.20. The van der Waals surface area contributed by atoms with Crippen LogP contribution in [0.25, 0.3) is 0 Å². The summed E-state index contributed by atoms with van der Waals surface area (Å²) in [6.07, 6.45) is 5.35. The van der Waals surface area contributed by atoms with E-state index in [1.165, 1.54) is 6.92 Å². The van der Waals surface area contributed by atoms with E-state index in [-0.39, 0.29) is 11.9 Å². The second-order valence-corrected chi connectivity index (χ2v) is 5.96. The Morgan fingerprint density at radius 1 is 1.27 bits per heavy atom. The van der Waals surface area contributed by atoms with Gasteiger partial charge in [0.1, 0.15) is 0 Å². The summed E-state index contributed by atoms with van der Waals surface area (Å²) in [5, 5.41) is 3.25. The maximum Gasteiger partial charge on any atom is 0.310 e. The molecule has 6 heteroatoms. The number of allylic oxidation sites excluding steroid dienone is 2. The lowest BCUT2D eigenvalue weighted by Crippen LogP contribution is -2.32. The molecule has 2 atom stereocenters. The summed E-state index contributed by atoms with van der Waals surface area (Å²) in [5.41, 5.74) is 0.319. The van der Waals surface area contributed by atoms with Crippen molar-refractivity contribution in [3.8, 4) is 0 Å². The predicted molar refractivity (Wildman–Crippen MR) is 87.1 cm³/mol. The van der Waals surface area contributed by atoms with Crippen LogP contribution < -0.4 is 5.32 Å². The van der Waals surface area contributed by atoms with E-state index >= 15 is 0 Å². The van der Waals surface area contributed by atoms with Crippen molar-refractivity contribution < 1.29 is 14.3 Å². The van der Waals surface area contributed by atoms with Gasteiger partial charge in [0.15, 0.2) is 6.10 Å². The van der Waals surface area contributed by atoms with Crippen LogP contribution in [0.1, 0.15) is 26.2 Å². The summed E-state index contributed by atoms with van der Waals surface area (Å²) < 4.78 is 5.23. The van der Waals surface area contributed by atoms with Gasteiger partial charge in [0.2, 0.25) is 0 Å². The van der Waals surface area contributed by atoms with E-state index in [1.807, 2.05) is 12.2 Å². The van der Waals surface area contributed by atoms with Crippen LogP contribution in [0.15, 0.2) is 30.4 Å². The molecule has 2 rings (SSSR count). The minimum absolute atomic E-state index is 0.177. The van der Waals surface area contributed by atoms with Crippen LogP contribution in [0.4, 0.5) is 5.69 Å². The van der Waals surface area contributed by atoms with Gasteiger partial charge >= 0.3 is 5.97 Å². The number of benzene rings is 1. The van der Waals surface area contributed by atoms with Gasteiger partial charge in [-0.15, -0.1) is 0 Å². The first kappa shape index (κ1) is 16.8. The molecule has 0 aliphatic heterocycles. The summed E-state index contributed by atoms with van der Waals surface area (Å²) in [6.45, 7) is 1.52. The van der Waals surface area contributed by atoms with Gasteiger partial charge < -0.3 is 10.1 Å². The van der Waals surface area contributed by atoms with Crippen molar-refractivity contribution in [2.24, 2.45) is 5.92 Å². The quantitative estimate of drug-likeness (QED) is 0.658. The van der Waals surface area contributed by atoms with Gasteiger partial charge in [-0.2, -0.15) is 0 Å². The molecule has 118 valence electrons. The number of esters is 1. The minimum Gasteiger partial charge on any atom is -0.452 e. The van der Waals surface area contributed by atoms with Crippen LogP contribution in [0.2, 0.25) is 10.0 Å². The van der Waals surface area contributed by atoms with E-state index < -0.39 is 12.0 Å². The summed E-state index contributed by atoms with van der Waals surface area (Å²) in [7, 11) is 0. The fourth-order valence-corrected chi connectivity index (χ4v) is 2.67. The standard InChI is InChI=1S/C16H17Cl2NO3/c1-10(22-16(21)11-6-3-2-4-7-11)15(20)19-14-12(17)8-5-9-13(14)18/h2-3,5,8-11H,4,6-7H2,1H3,(H,19,20)/t10-,11+/m0/s1. The van der Waals surface area contributed by atoms with Crippen LogP contribution in [0, 0.1) is 5.92 Å². The Bertz CT molecular complexity index is 581. The molecule has 0 unspecified atom stereocenters. The van der Waals surface area contributed by atoms with Crippen molar-refractivity contribution in [2.45, 2.75) is 32.3 Å². The number of halogens is 2. The number of anilines is 1. The zero-order chi connectivity index (χ0) is 16.1. The highest BCUT2D eigenvalue weighted by Crippen LogP contribution is 2.30. The predicted octanol–water partition coefficient (Wildman–Crippen LogP) is 4.22. The van der Waals surface area contributed by atoms with Crippen molar-refractivity contribution in [2.75, 3.05) is 5.32 Å². The van der Waals surface area contributed by atoms with E-state index in [1.54, 1.807) is 18.2 Å². The van der Waals surface area contributed by atoms with Crippen molar-refractivity contribution in [3.63, 3.8) is 0 Å². The SMILES string of the molecule is C[C@H](OC(=O)[C@@H]1CC=CCC1)C(=O)Nc1c(Cl)cccc1Cl. The topological polar surface area (TPSA) is 55.4 Å². The monoisotopic (exact) mass is 341 g/mol. The molecule has 0 radical (unpaired) electrons. The van der Waals surface area contributed by atoms with Crippen LogP contribution >= 0.6 is 23.2 Å². The van der Waals surface area contributed by atoms with E-state index in [2.05, 4.69) is 5.32 Å². The molecule has 0 bridgehead atoms. The first-order valence-corrected chi connectivity index (χ1v) is 7.85. The van der Waals surface area contributed by atoms with Gasteiger partial charge in [-0.05, 0) is 38.3 Å². The van der Waals surface area contributed by atoms with E-state index in [0.717, 1.165) is 12.8 Å². The molecule has 0 saturated carbocycles. The lowest BCUT2D eigenvalue weighted by molar-refractivity contribution is -0.157. The van der Waals surface area contributed by atoms with Gasteiger partial charge in [0.25, 0.3) is 5.91 Å². The molecule has 1 aliphatic carbocycles. The fourth-order valence-electron chi connectivity index (χ4n) is 2.17. The zero-order valence-electron chi connectivity index (χ0n) is 12.1. The smallest absolute Gasteiger partial charge is 0.310 e. The Morgan fingerprint density at radius 2 is 1.95 bits per heavy atom. The van der Waals surface area contributed by atoms with Crippen LogP contribution in [-0.4, -0.2) is 18.0 Å². The molecular weight excluding hydrogens is 325 g/mol. The summed E-state index contributed by atoms with van der Waals surface area (Å²) >= 11 is 12.0. The number of nitrogens with one attached hydrogen (secondary N) is 1. The zero-order valence-corrected chi connectivity index (χ0v) is 13.7. The second kappa shape index (κ2) is 7.65. The molecule has 1 aromatic carbocycles. The molecule has 22 heavy (non-hydrogen) atoms. The summed E-state index contributed by atoms with van der Waals surface area (Å²) in [5.74, 6) is -0.990. The first-order valence-electron chi connectivity index (χ1n) is 7.09. The second-order valence-electron chi connectivity index (χ2n) is 5.15. The third kappa shape index (κ3) is 4.24. The van der Waals surface area contributed by atoms with Gasteiger partial charge in [-0.1, -0.05) is 41.4 Å². The fraction of sp³-hybridized carbons (Fsp3) is 0.375. The summed E-state index contributed by atoms with van der Waals surface area (Å²) in [6, 6.07) is 4.92. The number of rotatable bonds is 4. The Labute approximate surface area is 139 Å². The maximum absolute atomic E-state index is 12.1. The molecule has 1 aromatic rings. The average molecular weight is 342 g/mol. The van der Waals surface area contributed by atoms with Gasteiger partial charge in [0, 0.05) is 0 Å². The van der Waals surface area contributed by atoms with Gasteiger partial charge in [-0.3, -0.25) is 9.59 Å². The van der Waals surface area contributed by atoms with Crippen LogP contribution in [0.3, 0.4) is 0 Å². The minimum atomic E-state index is -0.911. The van der Waals surface area contributed by atoms with E-state index in [0.29, 0.717) is 22.2 Å². The highest BCUT2D eigenvalue weighted by molar-refractivity contribution is 6.39. The van der Waals surface area contributed by atoms with E-state index in [9.17, 15) is 9.59 Å². The van der Waals surface area contributed by atoms with Crippen molar-refractivity contribution in [1.82, 2.24) is 0 Å². The molecule has 0 fully saturated rings. The average Bonchev–Trinajstić information content (AvgIpc) is 2.51. The number of hydrogen-bond acceptors (Lipinski definition) is 3. The Hall–Kier alpha value is -1.52. The van der Waals surface area contributed by atoms with Gasteiger partial charge in [-0.25, -0.2) is 0 Å². The number of ether oxygens (including phenoxy) is 1. The molecule has 1 N–H and O–H groups in total. The third-order valence-corrected chi connectivity index (χ3v) is 4.11. The summed E-state index contributed by atoms with van der Waals surface area (Å²) in [4.78, 5) is 24.1. The maximum atomic E-state index is 12.1. The van der Waals surface area contributed by atoms with Crippen molar-refractivity contribution in [3.05, 3.63) is 40.4 Å². The largest absolute Gasteiger partial charge is 0.452 e. The van der Waals surface area contributed by atoms with Crippen LogP contribution in [0.5, 0.6) is 0 Å². The molecule has 1 aliphatic rings. The van der Waals surface area contributed by atoms with Crippen molar-refractivity contribution >= 4 is 40.8 Å². The molecule has 0 spiro atoms.